The molecule has 1 atom stereocenters. The lowest BCUT2D eigenvalue weighted by molar-refractivity contribution is 0.105. The van der Waals surface area contributed by atoms with Crippen molar-refractivity contribution in [1.29, 1.82) is 0 Å². The third-order valence-corrected chi connectivity index (χ3v) is 4.80. The number of nitrogens with zero attached hydrogens (tertiary/aromatic N) is 2. The third-order valence-electron chi connectivity index (χ3n) is 4.80. The van der Waals surface area contributed by atoms with Crippen LogP contribution in [0.15, 0.2) is 54.6 Å². The van der Waals surface area contributed by atoms with Crippen LogP contribution in [0.2, 0.25) is 0 Å². The molecule has 0 radical (unpaired) electrons. The molecular formula is C23H28N6O2. The van der Waals surface area contributed by atoms with Gasteiger partial charge in [-0.2, -0.15) is 4.98 Å². The molecule has 162 valence electrons. The summed E-state index contributed by atoms with van der Waals surface area (Å²) in [6, 6.07) is 17.0. The summed E-state index contributed by atoms with van der Waals surface area (Å²) >= 11 is 0. The van der Waals surface area contributed by atoms with Crippen LogP contribution in [0.1, 0.15) is 31.5 Å². The molecule has 1 heterocycles. The first-order valence-corrected chi connectivity index (χ1v) is 10.2. The zero-order chi connectivity index (χ0) is 22.2. The Labute approximate surface area is 182 Å². The van der Waals surface area contributed by atoms with Crippen molar-refractivity contribution in [3.8, 4) is 11.1 Å². The van der Waals surface area contributed by atoms with Crippen LogP contribution >= 0.6 is 0 Å². The summed E-state index contributed by atoms with van der Waals surface area (Å²) in [4.78, 5) is 20.5. The molecule has 8 nitrogen and oxygen atoms in total. The first kappa shape index (κ1) is 22.0. The third kappa shape index (κ3) is 6.16. The normalized spacial score (nSPS) is 11.7. The highest BCUT2D eigenvalue weighted by Gasteiger charge is 2.14. The molecule has 3 aromatic rings. The molecule has 0 fully saturated rings. The van der Waals surface area contributed by atoms with Gasteiger partial charge in [0.15, 0.2) is 0 Å². The van der Waals surface area contributed by atoms with Crippen molar-refractivity contribution in [3.63, 3.8) is 0 Å². The van der Waals surface area contributed by atoms with Crippen LogP contribution in [-0.2, 0) is 18.0 Å². The predicted molar refractivity (Wildman–Crippen MR) is 123 cm³/mol. The van der Waals surface area contributed by atoms with Crippen LogP contribution in [0.5, 0.6) is 0 Å². The summed E-state index contributed by atoms with van der Waals surface area (Å²) in [6.45, 7) is 4.64. The molecule has 2 aromatic carbocycles. The molecule has 31 heavy (non-hydrogen) atoms. The number of carbonyl (C=O) groups is 1. The van der Waals surface area contributed by atoms with Gasteiger partial charge in [-0.1, -0.05) is 49.4 Å². The van der Waals surface area contributed by atoms with Gasteiger partial charge >= 0.3 is 6.03 Å². The van der Waals surface area contributed by atoms with E-state index >= 15 is 0 Å². The zero-order valence-electron chi connectivity index (χ0n) is 17.8. The number of benzene rings is 2. The lowest BCUT2D eigenvalue weighted by Crippen LogP contribution is -2.35. The maximum absolute atomic E-state index is 12.0. The van der Waals surface area contributed by atoms with Gasteiger partial charge in [0.2, 0.25) is 5.95 Å². The van der Waals surface area contributed by atoms with Crippen molar-refractivity contribution >= 4 is 23.5 Å². The Morgan fingerprint density at radius 3 is 2.42 bits per heavy atom. The van der Waals surface area contributed by atoms with Crippen molar-refractivity contribution in [1.82, 2.24) is 15.3 Å². The summed E-state index contributed by atoms with van der Waals surface area (Å²) in [5.74, 6) is 0.376. The summed E-state index contributed by atoms with van der Waals surface area (Å²) in [5, 5.41) is 5.68. The molecule has 0 spiro atoms. The fourth-order valence-corrected chi connectivity index (χ4v) is 3.02. The van der Waals surface area contributed by atoms with Crippen LogP contribution in [-0.4, -0.2) is 22.0 Å². The van der Waals surface area contributed by atoms with E-state index in [1.54, 1.807) is 12.1 Å². The largest absolute Gasteiger partial charge is 0.383 e. The quantitative estimate of drug-likeness (QED) is 0.437. The SMILES string of the molecule is CCC(C)NC(=O)Nc1ccc(-c2c(N)nc(N)nc2COCc2ccccc2)cc1. The van der Waals surface area contributed by atoms with Crippen LogP contribution in [0, 0.1) is 0 Å². The smallest absolute Gasteiger partial charge is 0.319 e. The Hall–Kier alpha value is -3.65. The highest BCUT2D eigenvalue weighted by atomic mass is 16.5. The number of nitrogen functional groups attached to an aromatic ring is 2. The van der Waals surface area contributed by atoms with Gasteiger partial charge in [0, 0.05) is 17.3 Å². The lowest BCUT2D eigenvalue weighted by atomic mass is 10.0. The van der Waals surface area contributed by atoms with Gasteiger partial charge in [-0.15, -0.1) is 0 Å². The number of nitrogens with one attached hydrogen (secondary N) is 2. The van der Waals surface area contributed by atoms with E-state index in [9.17, 15) is 4.79 Å². The van der Waals surface area contributed by atoms with Crippen LogP contribution < -0.4 is 22.1 Å². The number of hydrogen-bond donors (Lipinski definition) is 4. The highest BCUT2D eigenvalue weighted by Crippen LogP contribution is 2.30. The Kier molecular flexibility index (Phi) is 7.40. The van der Waals surface area contributed by atoms with E-state index < -0.39 is 0 Å². The zero-order valence-corrected chi connectivity index (χ0v) is 17.8. The summed E-state index contributed by atoms with van der Waals surface area (Å²) in [5.41, 5.74) is 15.8. The highest BCUT2D eigenvalue weighted by molar-refractivity contribution is 5.90. The van der Waals surface area contributed by atoms with Crippen molar-refractivity contribution in [2.75, 3.05) is 16.8 Å². The van der Waals surface area contributed by atoms with Crippen LogP contribution in [0.4, 0.5) is 22.2 Å². The van der Waals surface area contributed by atoms with E-state index in [0.29, 0.717) is 23.6 Å². The standard InChI is InChI=1S/C23H28N6O2/c1-3-15(2)26-23(30)27-18-11-9-17(10-12-18)20-19(28-22(25)29-21(20)24)14-31-13-16-7-5-4-6-8-16/h4-12,15H,3,13-14H2,1-2H3,(H2,26,27,30)(H4,24,25,28,29). The van der Waals surface area contributed by atoms with Gasteiger partial charge in [-0.3, -0.25) is 0 Å². The summed E-state index contributed by atoms with van der Waals surface area (Å²) < 4.78 is 5.84. The maximum Gasteiger partial charge on any atom is 0.319 e. The minimum atomic E-state index is -0.243. The number of aromatic nitrogens is 2. The Morgan fingerprint density at radius 2 is 1.74 bits per heavy atom. The molecule has 0 bridgehead atoms. The molecule has 1 aromatic heterocycles. The number of amides is 2. The average molecular weight is 421 g/mol. The monoisotopic (exact) mass is 420 g/mol. The second-order valence-corrected chi connectivity index (χ2v) is 7.25. The minimum Gasteiger partial charge on any atom is -0.383 e. The first-order chi connectivity index (χ1) is 15.0. The van der Waals surface area contributed by atoms with Gasteiger partial charge in [-0.25, -0.2) is 9.78 Å². The molecule has 0 aliphatic carbocycles. The number of carbonyl (C=O) groups excluding carboxylic acids is 1. The number of anilines is 3. The molecule has 0 saturated carbocycles. The van der Waals surface area contributed by atoms with Crippen LogP contribution in [0.25, 0.3) is 11.1 Å². The Morgan fingerprint density at radius 1 is 1.03 bits per heavy atom. The number of nitrogens with two attached hydrogens (primary N) is 2. The van der Waals surface area contributed by atoms with Gasteiger partial charge < -0.3 is 26.8 Å². The molecular weight excluding hydrogens is 392 g/mol. The molecule has 1 unspecified atom stereocenters. The van der Waals surface area contributed by atoms with E-state index in [2.05, 4.69) is 20.6 Å². The molecule has 0 aliphatic rings. The van der Waals surface area contributed by atoms with E-state index in [-0.39, 0.29) is 30.4 Å². The van der Waals surface area contributed by atoms with Gasteiger partial charge in [0.25, 0.3) is 0 Å². The first-order valence-electron chi connectivity index (χ1n) is 10.2. The van der Waals surface area contributed by atoms with Crippen LogP contribution in [0.3, 0.4) is 0 Å². The van der Waals surface area contributed by atoms with Crippen molar-refractivity contribution in [3.05, 3.63) is 65.9 Å². The number of hydrogen-bond acceptors (Lipinski definition) is 6. The number of rotatable bonds is 8. The second-order valence-electron chi connectivity index (χ2n) is 7.25. The molecule has 6 N–H and O–H groups in total. The molecule has 0 saturated heterocycles. The van der Waals surface area contributed by atoms with Gasteiger partial charge in [0.05, 0.1) is 18.9 Å². The molecule has 0 aliphatic heterocycles. The topological polar surface area (TPSA) is 128 Å². The Balaban J connectivity index is 1.74. The molecule has 3 rings (SSSR count). The minimum absolute atomic E-state index is 0.0968. The van der Waals surface area contributed by atoms with Gasteiger partial charge in [0.1, 0.15) is 5.82 Å². The number of ether oxygens (including phenoxy) is 1. The molecule has 8 heteroatoms. The average Bonchev–Trinajstić information content (AvgIpc) is 2.75. The van der Waals surface area contributed by atoms with E-state index in [0.717, 1.165) is 17.5 Å². The summed E-state index contributed by atoms with van der Waals surface area (Å²) in [6.07, 6.45) is 0.859. The number of urea groups is 1. The van der Waals surface area contributed by atoms with Crippen molar-refractivity contribution in [2.45, 2.75) is 39.5 Å². The lowest BCUT2D eigenvalue weighted by Gasteiger charge is -2.14. The fraction of sp³-hybridized carbons (Fsp3) is 0.261. The van der Waals surface area contributed by atoms with Crippen molar-refractivity contribution < 1.29 is 9.53 Å². The molecule has 2 amide bonds. The second kappa shape index (κ2) is 10.4. The Bertz CT molecular complexity index is 1010. The predicted octanol–water partition coefficient (Wildman–Crippen LogP) is 3.94. The van der Waals surface area contributed by atoms with E-state index in [4.69, 9.17) is 16.2 Å². The summed E-state index contributed by atoms with van der Waals surface area (Å²) in [7, 11) is 0. The maximum atomic E-state index is 12.0. The van der Waals surface area contributed by atoms with E-state index in [1.165, 1.54) is 0 Å². The van der Waals surface area contributed by atoms with E-state index in [1.807, 2.05) is 56.3 Å². The fourth-order valence-electron chi connectivity index (χ4n) is 3.02. The van der Waals surface area contributed by atoms with Crippen molar-refractivity contribution in [2.24, 2.45) is 0 Å². The van der Waals surface area contributed by atoms with Gasteiger partial charge in [-0.05, 0) is 36.6 Å².